The molecule has 2 aromatic rings. The van der Waals surface area contributed by atoms with Crippen LogP contribution in [0.2, 0.25) is 0 Å². The van der Waals surface area contributed by atoms with Crippen molar-refractivity contribution in [3.8, 4) is 29.7 Å². The zero-order chi connectivity index (χ0) is 17.4. The maximum absolute atomic E-state index is 9.09. The van der Waals surface area contributed by atoms with Gasteiger partial charge < -0.3 is 9.47 Å². The monoisotopic (exact) mass is 315 g/mol. The fourth-order valence-electron chi connectivity index (χ4n) is 2.06. The van der Waals surface area contributed by atoms with Crippen LogP contribution in [0.1, 0.15) is 16.7 Å². The maximum atomic E-state index is 9.09. The minimum Gasteiger partial charge on any atom is -0.493 e. The molecule has 0 bridgehead atoms. The molecule has 0 atom stereocenters. The Bertz CT molecular complexity index is 880. The molecular weight excluding hydrogens is 302 g/mol. The lowest BCUT2D eigenvalue weighted by atomic mass is 10.1. The van der Waals surface area contributed by atoms with Crippen molar-refractivity contribution < 1.29 is 9.47 Å². The van der Waals surface area contributed by atoms with E-state index in [1.807, 2.05) is 24.3 Å². The number of methoxy groups -OCH3 is 1. The second-order valence-electron chi connectivity index (χ2n) is 4.75. The first-order chi connectivity index (χ1) is 11.7. The molecule has 0 saturated heterocycles. The van der Waals surface area contributed by atoms with Crippen LogP contribution in [0.15, 0.2) is 48.0 Å². The number of nitrogens with zero attached hydrogens (tertiary/aromatic N) is 3. The highest BCUT2D eigenvalue weighted by molar-refractivity contribution is 5.64. The Morgan fingerprint density at radius 1 is 1.04 bits per heavy atom. The van der Waals surface area contributed by atoms with Crippen molar-refractivity contribution in [3.05, 3.63) is 64.7 Å². The fourth-order valence-corrected chi connectivity index (χ4v) is 2.06. The molecule has 2 aromatic carbocycles. The topological polar surface area (TPSA) is 89.8 Å². The smallest absolute Gasteiger partial charge is 0.161 e. The molecule has 0 fully saturated rings. The molecule has 0 saturated carbocycles. The number of hydrogen-bond donors (Lipinski definition) is 0. The van der Waals surface area contributed by atoms with Crippen LogP contribution in [-0.2, 0) is 6.61 Å². The predicted octanol–water partition coefficient (Wildman–Crippen LogP) is 3.58. The van der Waals surface area contributed by atoms with Crippen LogP contribution in [0.3, 0.4) is 0 Å². The summed E-state index contributed by atoms with van der Waals surface area (Å²) in [5.41, 5.74) is 2.01. The Hall–Kier alpha value is -3.75. The lowest BCUT2D eigenvalue weighted by Gasteiger charge is -2.12. The fraction of sp³-hybridized carbons (Fsp3) is 0.105. The number of rotatable bonds is 5. The van der Waals surface area contributed by atoms with E-state index in [4.69, 9.17) is 25.3 Å². The number of hydrogen-bond acceptors (Lipinski definition) is 5. The lowest BCUT2D eigenvalue weighted by molar-refractivity contribution is 0.284. The van der Waals surface area contributed by atoms with Gasteiger partial charge in [0, 0.05) is 5.56 Å². The van der Waals surface area contributed by atoms with E-state index in [0.29, 0.717) is 22.6 Å². The van der Waals surface area contributed by atoms with Gasteiger partial charge in [-0.1, -0.05) is 24.3 Å². The molecule has 116 valence electrons. The molecule has 0 radical (unpaired) electrons. The van der Waals surface area contributed by atoms with E-state index in [9.17, 15) is 0 Å². The van der Waals surface area contributed by atoms with E-state index < -0.39 is 0 Å². The molecule has 0 spiro atoms. The summed E-state index contributed by atoms with van der Waals surface area (Å²) in [6, 6.07) is 18.0. The Morgan fingerprint density at radius 3 is 2.46 bits per heavy atom. The van der Waals surface area contributed by atoms with Crippen molar-refractivity contribution in [1.29, 1.82) is 15.8 Å². The van der Waals surface area contributed by atoms with E-state index in [-0.39, 0.29) is 12.2 Å². The van der Waals surface area contributed by atoms with Gasteiger partial charge in [0.05, 0.1) is 18.7 Å². The third-order valence-corrected chi connectivity index (χ3v) is 3.26. The zero-order valence-electron chi connectivity index (χ0n) is 13.0. The van der Waals surface area contributed by atoms with Gasteiger partial charge in [0.2, 0.25) is 0 Å². The van der Waals surface area contributed by atoms with E-state index in [1.165, 1.54) is 13.2 Å². The molecular formula is C19H13N3O2. The number of allylic oxidation sites excluding steroid dienone is 1. The highest BCUT2D eigenvalue weighted by Gasteiger charge is 2.08. The van der Waals surface area contributed by atoms with Crippen molar-refractivity contribution >= 4 is 6.08 Å². The highest BCUT2D eigenvalue weighted by Crippen LogP contribution is 2.29. The lowest BCUT2D eigenvalue weighted by Crippen LogP contribution is -2.00. The van der Waals surface area contributed by atoms with Gasteiger partial charge in [-0.25, -0.2) is 0 Å². The quantitative estimate of drug-likeness (QED) is 0.787. The van der Waals surface area contributed by atoms with Crippen molar-refractivity contribution in [3.63, 3.8) is 0 Å². The van der Waals surface area contributed by atoms with Crippen LogP contribution in [0.25, 0.3) is 6.08 Å². The Morgan fingerprint density at radius 2 is 1.79 bits per heavy atom. The van der Waals surface area contributed by atoms with Gasteiger partial charge in [-0.05, 0) is 29.8 Å². The van der Waals surface area contributed by atoms with Gasteiger partial charge in [-0.3, -0.25) is 0 Å². The van der Waals surface area contributed by atoms with Gasteiger partial charge in [0.1, 0.15) is 24.3 Å². The molecule has 0 unspecified atom stereocenters. The van der Waals surface area contributed by atoms with E-state index in [0.717, 1.165) is 5.56 Å². The summed E-state index contributed by atoms with van der Waals surface area (Å²) >= 11 is 0. The summed E-state index contributed by atoms with van der Waals surface area (Å²) < 4.78 is 11.0. The van der Waals surface area contributed by atoms with Crippen molar-refractivity contribution in [1.82, 2.24) is 0 Å². The molecule has 5 nitrogen and oxygen atoms in total. The second-order valence-corrected chi connectivity index (χ2v) is 4.75. The molecule has 0 aliphatic heterocycles. The van der Waals surface area contributed by atoms with Crippen LogP contribution in [0, 0.1) is 34.0 Å². The first-order valence-electron chi connectivity index (χ1n) is 7.02. The van der Waals surface area contributed by atoms with Gasteiger partial charge in [0.15, 0.2) is 11.5 Å². The minimum atomic E-state index is 0.00803. The summed E-state index contributed by atoms with van der Waals surface area (Å²) in [5, 5.41) is 26.7. The van der Waals surface area contributed by atoms with E-state index in [1.54, 1.807) is 30.3 Å². The third kappa shape index (κ3) is 3.91. The summed E-state index contributed by atoms with van der Waals surface area (Å²) in [4.78, 5) is 0. The molecule has 0 amide bonds. The van der Waals surface area contributed by atoms with Crippen molar-refractivity contribution in [2.24, 2.45) is 0 Å². The Labute approximate surface area is 140 Å². The molecule has 24 heavy (non-hydrogen) atoms. The number of nitriles is 3. The zero-order valence-corrected chi connectivity index (χ0v) is 13.0. The third-order valence-electron chi connectivity index (χ3n) is 3.26. The van der Waals surface area contributed by atoms with Crippen LogP contribution in [0.5, 0.6) is 11.5 Å². The first-order valence-corrected chi connectivity index (χ1v) is 7.02. The van der Waals surface area contributed by atoms with Crippen LogP contribution in [0.4, 0.5) is 0 Å². The number of benzene rings is 2. The molecule has 0 aliphatic rings. The normalized spacial score (nSPS) is 9.08. The summed E-state index contributed by atoms with van der Waals surface area (Å²) in [5.74, 6) is 0.992. The summed E-state index contributed by atoms with van der Waals surface area (Å²) in [6.07, 6.45) is 1.47. The Kier molecular flexibility index (Phi) is 5.56. The molecule has 0 aromatic heterocycles. The Balaban J connectivity index is 2.23. The first kappa shape index (κ1) is 16.6. The SMILES string of the molecule is COc1cc(C=C(C#N)C#N)ccc1OCc1ccccc1C#N. The van der Waals surface area contributed by atoms with Crippen molar-refractivity contribution in [2.45, 2.75) is 6.61 Å². The van der Waals surface area contributed by atoms with Gasteiger partial charge in [0.25, 0.3) is 0 Å². The standard InChI is InChI=1S/C19H13N3O2/c1-23-19-9-14(8-15(10-20)11-21)6-7-18(19)24-13-17-5-3-2-4-16(17)12-22/h2-9H,13H2,1H3. The predicted molar refractivity (Wildman–Crippen MR) is 87.7 cm³/mol. The van der Waals surface area contributed by atoms with Gasteiger partial charge >= 0.3 is 0 Å². The molecule has 2 rings (SSSR count). The minimum absolute atomic E-state index is 0.00803. The second kappa shape index (κ2) is 8.03. The van der Waals surface area contributed by atoms with E-state index >= 15 is 0 Å². The molecule has 0 aliphatic carbocycles. The summed E-state index contributed by atoms with van der Waals surface area (Å²) in [7, 11) is 1.51. The van der Waals surface area contributed by atoms with Crippen LogP contribution < -0.4 is 9.47 Å². The van der Waals surface area contributed by atoms with Crippen LogP contribution in [-0.4, -0.2) is 7.11 Å². The average molecular weight is 315 g/mol. The maximum Gasteiger partial charge on any atom is 0.161 e. The molecule has 0 N–H and O–H groups in total. The van der Waals surface area contributed by atoms with E-state index in [2.05, 4.69) is 6.07 Å². The summed E-state index contributed by atoms with van der Waals surface area (Å²) in [6.45, 7) is 0.233. The van der Waals surface area contributed by atoms with Gasteiger partial charge in [-0.15, -0.1) is 0 Å². The molecule has 5 heteroatoms. The van der Waals surface area contributed by atoms with Crippen LogP contribution >= 0.6 is 0 Å². The largest absolute Gasteiger partial charge is 0.493 e. The molecule has 0 heterocycles. The van der Waals surface area contributed by atoms with Crippen molar-refractivity contribution in [2.75, 3.05) is 7.11 Å². The van der Waals surface area contributed by atoms with Gasteiger partial charge in [-0.2, -0.15) is 15.8 Å². The highest BCUT2D eigenvalue weighted by atomic mass is 16.5. The number of ether oxygens (including phenoxy) is 2. The average Bonchev–Trinajstić information content (AvgIpc) is 2.64.